The predicted octanol–water partition coefficient (Wildman–Crippen LogP) is 5.55. The van der Waals surface area contributed by atoms with Crippen LogP contribution in [0.25, 0.3) is 11.8 Å². The van der Waals surface area contributed by atoms with E-state index in [1.165, 1.54) is 28.0 Å². The van der Waals surface area contributed by atoms with Crippen molar-refractivity contribution < 1.29 is 9.47 Å². The Hall–Kier alpha value is -2.94. The van der Waals surface area contributed by atoms with Gasteiger partial charge in [0.05, 0.1) is 34.5 Å². The van der Waals surface area contributed by atoms with Crippen LogP contribution in [0.5, 0.6) is 11.5 Å². The Morgan fingerprint density at radius 3 is 2.83 bits per heavy atom. The van der Waals surface area contributed by atoms with Gasteiger partial charge in [-0.15, -0.1) is 11.3 Å². The second-order valence-electron chi connectivity index (χ2n) is 8.60. The maximum atomic E-state index is 13.8. The second kappa shape index (κ2) is 9.50. The van der Waals surface area contributed by atoms with E-state index in [9.17, 15) is 4.79 Å². The molecule has 0 saturated carbocycles. The molecule has 1 unspecified atom stereocenters. The van der Waals surface area contributed by atoms with E-state index in [-0.39, 0.29) is 11.6 Å². The molecular formula is C28H23BrN2O3S2. The topological polar surface area (TPSA) is 52.8 Å². The lowest BCUT2D eigenvalue weighted by molar-refractivity contribution is 0.309. The normalized spacial score (nSPS) is 16.8. The third kappa shape index (κ3) is 3.88. The van der Waals surface area contributed by atoms with E-state index in [4.69, 9.17) is 14.5 Å². The molecule has 0 fully saturated rings. The third-order valence-corrected chi connectivity index (χ3v) is 9.02. The molecule has 0 amide bonds. The van der Waals surface area contributed by atoms with Gasteiger partial charge >= 0.3 is 0 Å². The fourth-order valence-electron chi connectivity index (χ4n) is 4.98. The molecule has 0 radical (unpaired) electrons. The van der Waals surface area contributed by atoms with Gasteiger partial charge in [-0.05, 0) is 82.1 Å². The summed E-state index contributed by atoms with van der Waals surface area (Å²) in [5, 5.41) is 2.08. The highest BCUT2D eigenvalue weighted by molar-refractivity contribution is 9.10. The van der Waals surface area contributed by atoms with Gasteiger partial charge in [-0.1, -0.05) is 41.7 Å². The SMILES string of the molecule is CCOc1c(Br)cc(C=c2sc3n(c2=O)C(c2cccs2)C2=C(N=3)c3ccccc3CC2)cc1OC. The number of rotatable bonds is 5. The van der Waals surface area contributed by atoms with Crippen LogP contribution in [0, 0.1) is 0 Å². The van der Waals surface area contributed by atoms with Gasteiger partial charge < -0.3 is 9.47 Å². The van der Waals surface area contributed by atoms with Crippen LogP contribution in [0.2, 0.25) is 0 Å². The van der Waals surface area contributed by atoms with E-state index >= 15 is 0 Å². The van der Waals surface area contributed by atoms with Gasteiger partial charge in [-0.3, -0.25) is 9.36 Å². The minimum absolute atomic E-state index is 0.0217. The molecule has 182 valence electrons. The van der Waals surface area contributed by atoms with Gasteiger partial charge in [0.2, 0.25) is 0 Å². The Kier molecular flexibility index (Phi) is 6.19. The van der Waals surface area contributed by atoms with Gasteiger partial charge in [0.25, 0.3) is 5.56 Å². The number of allylic oxidation sites excluding steroid dienone is 1. The molecule has 2 aliphatic rings. The van der Waals surface area contributed by atoms with Gasteiger partial charge in [-0.25, -0.2) is 4.99 Å². The monoisotopic (exact) mass is 578 g/mol. The summed E-state index contributed by atoms with van der Waals surface area (Å²) in [6, 6.07) is 16.4. The number of thiazole rings is 1. The number of thiophene rings is 1. The molecule has 36 heavy (non-hydrogen) atoms. The number of methoxy groups -OCH3 is 1. The summed E-state index contributed by atoms with van der Waals surface area (Å²) < 4.78 is 14.6. The molecule has 4 aromatic rings. The standard InChI is InChI=1S/C28H23BrN2O3S2/c1-3-34-26-20(29)13-16(14-21(26)33-2)15-23-27(32)31-25(22-9-6-12-35-22)19-11-10-17-7-4-5-8-18(17)24(19)30-28(31)36-23/h4-9,12-15,25H,3,10-11H2,1-2H3. The van der Waals surface area contributed by atoms with E-state index in [1.54, 1.807) is 18.4 Å². The van der Waals surface area contributed by atoms with E-state index in [0.29, 0.717) is 22.6 Å². The summed E-state index contributed by atoms with van der Waals surface area (Å²) >= 11 is 6.71. The van der Waals surface area contributed by atoms with Crippen LogP contribution < -0.4 is 24.4 Å². The smallest absolute Gasteiger partial charge is 0.271 e. The van der Waals surface area contributed by atoms with E-state index in [0.717, 1.165) is 38.3 Å². The van der Waals surface area contributed by atoms with Crippen LogP contribution in [0.15, 0.2) is 73.7 Å². The van der Waals surface area contributed by atoms with Crippen LogP contribution >= 0.6 is 38.6 Å². The first kappa shape index (κ1) is 23.5. The average molecular weight is 580 g/mol. The van der Waals surface area contributed by atoms with E-state index < -0.39 is 0 Å². The van der Waals surface area contributed by atoms with Crippen LogP contribution in [-0.4, -0.2) is 18.3 Å². The number of benzene rings is 2. The zero-order valence-electron chi connectivity index (χ0n) is 19.8. The van der Waals surface area contributed by atoms with Crippen molar-refractivity contribution in [2.75, 3.05) is 13.7 Å². The number of ether oxygens (including phenoxy) is 2. The molecule has 2 aromatic carbocycles. The number of hydrogen-bond donors (Lipinski definition) is 0. The second-order valence-corrected chi connectivity index (χ2v) is 11.4. The predicted molar refractivity (Wildman–Crippen MR) is 149 cm³/mol. The molecule has 6 rings (SSSR count). The molecule has 0 spiro atoms. The van der Waals surface area contributed by atoms with Crippen molar-refractivity contribution >= 4 is 50.4 Å². The number of aryl methyl sites for hydroxylation is 1. The number of nitrogens with zero attached hydrogens (tertiary/aromatic N) is 2. The summed E-state index contributed by atoms with van der Waals surface area (Å²) in [5.74, 6) is 1.27. The average Bonchev–Trinajstić information content (AvgIpc) is 3.53. The van der Waals surface area contributed by atoms with Crippen molar-refractivity contribution in [3.05, 3.63) is 105 Å². The summed E-state index contributed by atoms with van der Waals surface area (Å²) in [4.78, 5) is 20.8. The van der Waals surface area contributed by atoms with Crippen LogP contribution in [0.3, 0.4) is 0 Å². The molecule has 0 saturated heterocycles. The van der Waals surface area contributed by atoms with Crippen molar-refractivity contribution in [3.63, 3.8) is 0 Å². The van der Waals surface area contributed by atoms with Gasteiger partial charge in [0.15, 0.2) is 16.3 Å². The zero-order chi connectivity index (χ0) is 24.8. The lowest BCUT2D eigenvalue weighted by Gasteiger charge is -2.30. The Morgan fingerprint density at radius 1 is 1.19 bits per heavy atom. The van der Waals surface area contributed by atoms with Gasteiger partial charge in [-0.2, -0.15) is 0 Å². The lowest BCUT2D eigenvalue weighted by Crippen LogP contribution is -2.38. The quantitative estimate of drug-likeness (QED) is 0.312. The fraction of sp³-hybridized carbons (Fsp3) is 0.214. The maximum Gasteiger partial charge on any atom is 0.271 e. The third-order valence-electron chi connectivity index (χ3n) is 6.52. The van der Waals surface area contributed by atoms with E-state index in [2.05, 4.69) is 57.7 Å². The molecule has 0 bridgehead atoms. The highest BCUT2D eigenvalue weighted by Crippen LogP contribution is 2.42. The lowest BCUT2D eigenvalue weighted by atomic mass is 9.85. The number of hydrogen-bond acceptors (Lipinski definition) is 6. The van der Waals surface area contributed by atoms with Crippen molar-refractivity contribution in [2.24, 2.45) is 4.99 Å². The first-order chi connectivity index (χ1) is 17.6. The molecule has 2 aromatic heterocycles. The molecular weight excluding hydrogens is 556 g/mol. The minimum Gasteiger partial charge on any atom is -0.493 e. The number of halogens is 1. The summed E-state index contributed by atoms with van der Waals surface area (Å²) in [5.41, 5.74) is 5.57. The number of fused-ring (bicyclic) bond motifs is 3. The first-order valence-electron chi connectivity index (χ1n) is 11.8. The van der Waals surface area contributed by atoms with Crippen LogP contribution in [0.1, 0.15) is 41.0 Å². The van der Waals surface area contributed by atoms with Gasteiger partial charge in [0, 0.05) is 10.4 Å². The van der Waals surface area contributed by atoms with Crippen molar-refractivity contribution in [1.29, 1.82) is 0 Å². The highest BCUT2D eigenvalue weighted by Gasteiger charge is 2.33. The molecule has 1 aliphatic carbocycles. The van der Waals surface area contributed by atoms with Crippen molar-refractivity contribution in [1.82, 2.24) is 4.57 Å². The van der Waals surface area contributed by atoms with Gasteiger partial charge in [0.1, 0.15) is 0 Å². The molecule has 1 atom stereocenters. The zero-order valence-corrected chi connectivity index (χ0v) is 23.0. The Morgan fingerprint density at radius 2 is 2.06 bits per heavy atom. The molecule has 8 heteroatoms. The fourth-order valence-corrected chi connectivity index (χ4v) is 7.40. The summed E-state index contributed by atoms with van der Waals surface area (Å²) in [7, 11) is 1.62. The summed E-state index contributed by atoms with van der Waals surface area (Å²) in [6.07, 6.45) is 3.76. The van der Waals surface area contributed by atoms with Crippen LogP contribution in [-0.2, 0) is 6.42 Å². The van der Waals surface area contributed by atoms with E-state index in [1.807, 2.05) is 29.7 Å². The minimum atomic E-state index is -0.131. The maximum absolute atomic E-state index is 13.8. The largest absolute Gasteiger partial charge is 0.493 e. The number of aromatic nitrogens is 1. The van der Waals surface area contributed by atoms with Crippen molar-refractivity contribution in [3.8, 4) is 11.5 Å². The Labute approximate surface area is 224 Å². The Bertz CT molecular complexity index is 1680. The Balaban J connectivity index is 1.56. The molecule has 0 N–H and O–H groups in total. The molecule has 1 aliphatic heterocycles. The molecule has 5 nitrogen and oxygen atoms in total. The van der Waals surface area contributed by atoms with Crippen LogP contribution in [0.4, 0.5) is 0 Å². The summed E-state index contributed by atoms with van der Waals surface area (Å²) in [6.45, 7) is 2.46. The molecule has 3 heterocycles. The first-order valence-corrected chi connectivity index (χ1v) is 14.2. The highest BCUT2D eigenvalue weighted by atomic mass is 79.9. The van der Waals surface area contributed by atoms with Crippen molar-refractivity contribution in [2.45, 2.75) is 25.8 Å².